The first-order chi connectivity index (χ1) is 12.2. The lowest BCUT2D eigenvalue weighted by atomic mass is 10.2. The number of rotatable bonds is 5. The highest BCUT2D eigenvalue weighted by molar-refractivity contribution is 6.04. The summed E-state index contributed by atoms with van der Waals surface area (Å²) in [6.45, 7) is 2.03. The van der Waals surface area contributed by atoms with Crippen LogP contribution in [0.5, 0.6) is 0 Å². The van der Waals surface area contributed by atoms with Crippen LogP contribution < -0.4 is 5.32 Å². The molecule has 0 spiro atoms. The Bertz CT molecular complexity index is 874. The quantitative estimate of drug-likeness (QED) is 0.724. The van der Waals surface area contributed by atoms with E-state index in [4.69, 9.17) is 4.74 Å². The minimum absolute atomic E-state index is 0.295. The van der Waals surface area contributed by atoms with Crippen LogP contribution in [0, 0.1) is 0 Å². The maximum Gasteiger partial charge on any atom is 0.338 e. The summed E-state index contributed by atoms with van der Waals surface area (Å²) in [5.74, 6) is -0.129. The van der Waals surface area contributed by atoms with Gasteiger partial charge in [0.25, 0.3) is 5.91 Å². The maximum absolute atomic E-state index is 12.3. The Balaban J connectivity index is 1.72. The van der Waals surface area contributed by atoms with Crippen molar-refractivity contribution in [1.82, 2.24) is 14.8 Å². The standard InChI is InChI=1S/C18H16N4O3/c1-2-25-18(24)13-5-3-6-15(11-13)21-17(23)14-7-8-16(19-12-14)22-10-4-9-20-22/h3-12H,2H2,1H3,(H,21,23). The number of ether oxygens (including phenoxy) is 1. The van der Waals surface area contributed by atoms with E-state index in [1.54, 1.807) is 66.5 Å². The highest BCUT2D eigenvalue weighted by Crippen LogP contribution is 2.14. The lowest BCUT2D eigenvalue weighted by Crippen LogP contribution is -2.13. The number of esters is 1. The van der Waals surface area contributed by atoms with Crippen LogP contribution in [-0.4, -0.2) is 33.2 Å². The molecule has 2 aromatic heterocycles. The number of carbonyl (C=O) groups is 2. The molecule has 2 heterocycles. The molecule has 126 valence electrons. The second-order valence-corrected chi connectivity index (χ2v) is 5.11. The van der Waals surface area contributed by atoms with Crippen LogP contribution in [0.3, 0.4) is 0 Å². The van der Waals surface area contributed by atoms with Gasteiger partial charge in [-0.3, -0.25) is 4.79 Å². The number of anilines is 1. The highest BCUT2D eigenvalue weighted by atomic mass is 16.5. The van der Waals surface area contributed by atoms with Gasteiger partial charge in [0.05, 0.1) is 17.7 Å². The molecule has 1 amide bonds. The zero-order chi connectivity index (χ0) is 17.6. The first-order valence-electron chi connectivity index (χ1n) is 7.72. The predicted molar refractivity (Wildman–Crippen MR) is 91.7 cm³/mol. The van der Waals surface area contributed by atoms with Gasteiger partial charge >= 0.3 is 5.97 Å². The van der Waals surface area contributed by atoms with Gasteiger partial charge in [0.15, 0.2) is 5.82 Å². The molecule has 25 heavy (non-hydrogen) atoms. The van der Waals surface area contributed by atoms with E-state index in [-0.39, 0.29) is 5.91 Å². The molecule has 7 nitrogen and oxygen atoms in total. The number of carbonyl (C=O) groups excluding carboxylic acids is 2. The Morgan fingerprint density at radius 3 is 2.72 bits per heavy atom. The van der Waals surface area contributed by atoms with Gasteiger partial charge in [0, 0.05) is 24.3 Å². The fourth-order valence-electron chi connectivity index (χ4n) is 2.20. The smallest absolute Gasteiger partial charge is 0.338 e. The van der Waals surface area contributed by atoms with Gasteiger partial charge in [-0.1, -0.05) is 6.07 Å². The molecule has 0 saturated heterocycles. The van der Waals surface area contributed by atoms with Crippen LogP contribution in [0.1, 0.15) is 27.6 Å². The molecule has 1 N–H and O–H groups in total. The number of benzene rings is 1. The van der Waals surface area contributed by atoms with Crippen LogP contribution >= 0.6 is 0 Å². The lowest BCUT2D eigenvalue weighted by molar-refractivity contribution is 0.0526. The zero-order valence-corrected chi connectivity index (χ0v) is 13.5. The van der Waals surface area contributed by atoms with E-state index in [2.05, 4.69) is 15.4 Å². The number of hydrogen-bond acceptors (Lipinski definition) is 5. The van der Waals surface area contributed by atoms with Crippen LogP contribution in [-0.2, 0) is 4.74 Å². The van der Waals surface area contributed by atoms with Crippen LogP contribution in [0.4, 0.5) is 5.69 Å². The molecule has 0 aliphatic heterocycles. The summed E-state index contributed by atoms with van der Waals surface area (Å²) in [4.78, 5) is 28.3. The van der Waals surface area contributed by atoms with Gasteiger partial charge in [0.1, 0.15) is 0 Å². The Hall–Kier alpha value is -3.48. The fourth-order valence-corrected chi connectivity index (χ4v) is 2.20. The molecule has 1 aromatic carbocycles. The largest absolute Gasteiger partial charge is 0.462 e. The molecule has 0 atom stereocenters. The second-order valence-electron chi connectivity index (χ2n) is 5.11. The summed E-state index contributed by atoms with van der Waals surface area (Å²) in [6, 6.07) is 11.7. The van der Waals surface area contributed by atoms with Crippen molar-refractivity contribution in [2.75, 3.05) is 11.9 Å². The topological polar surface area (TPSA) is 86.1 Å². The van der Waals surface area contributed by atoms with Gasteiger partial charge in [-0.05, 0) is 43.3 Å². The first-order valence-corrected chi connectivity index (χ1v) is 7.72. The van der Waals surface area contributed by atoms with Crippen molar-refractivity contribution in [1.29, 1.82) is 0 Å². The number of aromatic nitrogens is 3. The Labute approximate surface area is 144 Å². The van der Waals surface area contributed by atoms with Crippen molar-refractivity contribution in [2.24, 2.45) is 0 Å². The number of pyridine rings is 1. The monoisotopic (exact) mass is 336 g/mol. The van der Waals surface area contributed by atoms with Crippen molar-refractivity contribution >= 4 is 17.6 Å². The second kappa shape index (κ2) is 7.39. The Morgan fingerprint density at radius 1 is 1.16 bits per heavy atom. The van der Waals surface area contributed by atoms with E-state index in [9.17, 15) is 9.59 Å². The summed E-state index contributed by atoms with van der Waals surface area (Å²) in [7, 11) is 0. The van der Waals surface area contributed by atoms with Crippen molar-refractivity contribution in [3.63, 3.8) is 0 Å². The fraction of sp³-hybridized carbons (Fsp3) is 0.111. The molecule has 0 unspecified atom stereocenters. The first kappa shape index (κ1) is 16.4. The predicted octanol–water partition coefficient (Wildman–Crippen LogP) is 2.70. The molecule has 0 aliphatic rings. The van der Waals surface area contributed by atoms with Crippen LogP contribution in [0.25, 0.3) is 5.82 Å². The molecule has 0 radical (unpaired) electrons. The number of hydrogen-bond donors (Lipinski definition) is 1. The van der Waals surface area contributed by atoms with E-state index in [0.29, 0.717) is 29.2 Å². The third-order valence-electron chi connectivity index (χ3n) is 3.38. The molecule has 0 bridgehead atoms. The zero-order valence-electron chi connectivity index (χ0n) is 13.5. The molecule has 0 fully saturated rings. The summed E-state index contributed by atoms with van der Waals surface area (Å²) < 4.78 is 6.55. The summed E-state index contributed by atoms with van der Waals surface area (Å²) in [6.07, 6.45) is 4.89. The third-order valence-corrected chi connectivity index (χ3v) is 3.38. The Kier molecular flexibility index (Phi) is 4.84. The summed E-state index contributed by atoms with van der Waals surface area (Å²) in [5, 5.41) is 6.82. The number of amides is 1. The molecule has 3 aromatic rings. The summed E-state index contributed by atoms with van der Waals surface area (Å²) in [5.41, 5.74) is 1.29. The maximum atomic E-state index is 12.3. The van der Waals surface area contributed by atoms with Gasteiger partial charge in [-0.15, -0.1) is 0 Å². The molecule has 3 rings (SSSR count). The lowest BCUT2D eigenvalue weighted by Gasteiger charge is -2.08. The van der Waals surface area contributed by atoms with E-state index in [0.717, 1.165) is 0 Å². The van der Waals surface area contributed by atoms with Gasteiger partial charge in [-0.25, -0.2) is 14.5 Å². The van der Waals surface area contributed by atoms with E-state index >= 15 is 0 Å². The number of nitrogens with zero attached hydrogens (tertiary/aromatic N) is 3. The summed E-state index contributed by atoms with van der Waals surface area (Å²) >= 11 is 0. The van der Waals surface area contributed by atoms with E-state index in [1.165, 1.54) is 6.20 Å². The highest BCUT2D eigenvalue weighted by Gasteiger charge is 2.10. The molecule has 7 heteroatoms. The van der Waals surface area contributed by atoms with E-state index in [1.807, 2.05) is 0 Å². The van der Waals surface area contributed by atoms with Gasteiger partial charge < -0.3 is 10.1 Å². The third kappa shape index (κ3) is 3.89. The van der Waals surface area contributed by atoms with Crippen molar-refractivity contribution < 1.29 is 14.3 Å². The Morgan fingerprint density at radius 2 is 2.04 bits per heavy atom. The van der Waals surface area contributed by atoms with Crippen molar-refractivity contribution in [2.45, 2.75) is 6.92 Å². The minimum Gasteiger partial charge on any atom is -0.462 e. The molecule has 0 aliphatic carbocycles. The number of nitrogens with one attached hydrogen (secondary N) is 1. The van der Waals surface area contributed by atoms with E-state index < -0.39 is 5.97 Å². The van der Waals surface area contributed by atoms with Gasteiger partial charge in [0.2, 0.25) is 0 Å². The molecular weight excluding hydrogens is 320 g/mol. The normalized spacial score (nSPS) is 10.3. The van der Waals surface area contributed by atoms with Crippen molar-refractivity contribution in [3.05, 3.63) is 72.2 Å². The van der Waals surface area contributed by atoms with Crippen molar-refractivity contribution in [3.8, 4) is 5.82 Å². The minimum atomic E-state index is -0.427. The molecule has 0 saturated carbocycles. The average Bonchev–Trinajstić information content (AvgIpc) is 3.17. The average molecular weight is 336 g/mol. The van der Waals surface area contributed by atoms with Crippen LogP contribution in [0.15, 0.2) is 61.1 Å². The van der Waals surface area contributed by atoms with Gasteiger partial charge in [-0.2, -0.15) is 5.10 Å². The molecular formula is C18H16N4O3. The van der Waals surface area contributed by atoms with Crippen LogP contribution in [0.2, 0.25) is 0 Å². The SMILES string of the molecule is CCOC(=O)c1cccc(NC(=O)c2ccc(-n3cccn3)nc2)c1.